The van der Waals surface area contributed by atoms with Crippen molar-refractivity contribution in [2.24, 2.45) is 0 Å². The van der Waals surface area contributed by atoms with E-state index in [4.69, 9.17) is 18.6 Å². The Morgan fingerprint density at radius 1 is 0.500 bits per heavy atom. The lowest BCUT2D eigenvalue weighted by atomic mass is 10.2. The van der Waals surface area contributed by atoms with Gasteiger partial charge in [0.15, 0.2) is 14.7 Å². The van der Waals surface area contributed by atoms with Gasteiger partial charge in [-0.2, -0.15) is 26.3 Å². The molecule has 0 aliphatic carbocycles. The van der Waals surface area contributed by atoms with E-state index in [0.29, 0.717) is 9.79 Å². The molecule has 12 heteroatoms. The molecule has 0 saturated heterocycles. The second-order valence-corrected chi connectivity index (χ2v) is 8.82. The third-order valence-corrected chi connectivity index (χ3v) is 6.04. The first kappa shape index (κ1) is 26.0. The maximum absolute atomic E-state index is 12.8. The van der Waals surface area contributed by atoms with Crippen molar-refractivity contribution in [3.63, 3.8) is 0 Å². The van der Waals surface area contributed by atoms with Crippen LogP contribution < -0.4 is 18.6 Å². The quantitative estimate of drug-likeness (QED) is 0.408. The summed E-state index contributed by atoms with van der Waals surface area (Å²) < 4.78 is 111. The molecule has 0 atom stereocenters. The van der Waals surface area contributed by atoms with Gasteiger partial charge in [-0.15, -0.1) is 10.2 Å². The minimum Gasteiger partial charge on any atom is -0.222 e. The monoisotopic (exact) mass is 498 g/mol. The van der Waals surface area contributed by atoms with E-state index in [1.807, 2.05) is 0 Å². The molecule has 0 fully saturated rings. The van der Waals surface area contributed by atoms with Crippen LogP contribution in [-0.2, 0) is 23.2 Å². The summed E-state index contributed by atoms with van der Waals surface area (Å²) in [6.45, 7) is 0. The molecular weight excluding hydrogens is 486 g/mol. The molecule has 0 radical (unpaired) electrons. The summed E-state index contributed by atoms with van der Waals surface area (Å²) in [7, 11) is -5.76. The van der Waals surface area contributed by atoms with Gasteiger partial charge >= 0.3 is 12.4 Å². The van der Waals surface area contributed by atoms with E-state index in [2.05, 4.69) is 0 Å². The summed E-state index contributed by atoms with van der Waals surface area (Å²) >= 11 is 0. The Bertz CT molecular complexity index is 925. The van der Waals surface area contributed by atoms with Crippen molar-refractivity contribution in [1.82, 2.24) is 0 Å². The fourth-order valence-electron chi connectivity index (χ4n) is 2.52. The molecule has 0 N–H and O–H groups in total. The van der Waals surface area contributed by atoms with Crippen LogP contribution in [0.2, 0.25) is 0 Å². The Kier molecular flexibility index (Phi) is 8.21. The second-order valence-electron chi connectivity index (χ2n) is 6.04. The van der Waals surface area contributed by atoms with Crippen molar-refractivity contribution in [3.8, 4) is 0 Å². The highest BCUT2D eigenvalue weighted by molar-refractivity contribution is 7.97. The van der Waals surface area contributed by atoms with Gasteiger partial charge in [0, 0.05) is 0 Å². The molecule has 0 unspecified atom stereocenters. The fourth-order valence-corrected chi connectivity index (χ4v) is 4.59. The van der Waals surface area contributed by atoms with Crippen LogP contribution in [0.15, 0.2) is 93.5 Å². The van der Waals surface area contributed by atoms with Crippen LogP contribution in [0.5, 0.6) is 0 Å². The summed E-state index contributed by atoms with van der Waals surface area (Å²) in [6.07, 6.45) is -8.89. The molecule has 0 aliphatic rings. The van der Waals surface area contributed by atoms with E-state index in [1.54, 1.807) is 30.3 Å². The van der Waals surface area contributed by atoms with Crippen molar-refractivity contribution in [2.45, 2.75) is 27.0 Å². The number of rotatable bonds is 3. The van der Waals surface area contributed by atoms with E-state index in [-0.39, 0.29) is 0 Å². The number of hydrogen-bond donors (Lipinski definition) is 0. The molecule has 3 aromatic carbocycles. The Hall–Kier alpha value is -2.28. The highest BCUT2D eigenvalue weighted by Gasteiger charge is 2.35. The second kappa shape index (κ2) is 10.1. The van der Waals surface area contributed by atoms with Crippen LogP contribution >= 0.6 is 0 Å². The molecule has 4 nitrogen and oxygen atoms in total. The van der Waals surface area contributed by atoms with Crippen molar-refractivity contribution in [2.75, 3.05) is 0 Å². The molecule has 3 aromatic rings. The number of halogens is 7. The molecule has 3 rings (SSSR count). The van der Waals surface area contributed by atoms with E-state index < -0.39 is 44.6 Å². The summed E-state index contributed by atoms with van der Waals surface area (Å²) in [4.78, 5) is 1.99. The lowest BCUT2D eigenvalue weighted by molar-refractivity contribution is -2.00. The molecule has 0 amide bonds. The Morgan fingerprint density at radius 2 is 0.781 bits per heavy atom. The van der Waals surface area contributed by atoms with Gasteiger partial charge in [0.1, 0.15) is 0 Å². The van der Waals surface area contributed by atoms with Gasteiger partial charge < -0.3 is 0 Å². The maximum atomic E-state index is 12.8. The van der Waals surface area contributed by atoms with E-state index in [0.717, 1.165) is 29.2 Å². The van der Waals surface area contributed by atoms with Crippen LogP contribution in [0.1, 0.15) is 11.1 Å². The lowest BCUT2D eigenvalue weighted by Crippen LogP contribution is -2.68. The minimum absolute atomic E-state index is 0.592. The van der Waals surface area contributed by atoms with Gasteiger partial charge in [-0.25, -0.2) is 18.6 Å². The zero-order valence-electron chi connectivity index (χ0n) is 15.7. The smallest absolute Gasteiger partial charge is 0.222 e. The van der Waals surface area contributed by atoms with Gasteiger partial charge in [-0.3, -0.25) is 0 Å². The highest BCUT2D eigenvalue weighted by atomic mass is 35.7. The zero-order valence-corrected chi connectivity index (χ0v) is 17.3. The van der Waals surface area contributed by atoms with E-state index >= 15 is 0 Å². The minimum atomic E-state index is -4.94. The maximum Gasteiger partial charge on any atom is 0.416 e. The van der Waals surface area contributed by atoms with Crippen LogP contribution in [0.4, 0.5) is 26.3 Å². The number of benzene rings is 3. The third-order valence-electron chi connectivity index (χ3n) is 3.81. The molecule has 32 heavy (non-hydrogen) atoms. The van der Waals surface area contributed by atoms with Gasteiger partial charge in [-0.05, 0) is 60.7 Å². The standard InChI is InChI=1S/C20H13F6S.ClHO4/c21-19(22,23)14-6-10-17(11-7-14)27(16-4-2-1-3-5-16)18-12-8-15(9-13-18)20(24,25)26;2-1(3,4)5/h1-13H;(H,2,3,4,5)/q+1;/p-1. The Balaban J connectivity index is 0.000000654. The third kappa shape index (κ3) is 8.01. The summed E-state index contributed by atoms with van der Waals surface area (Å²) in [5.74, 6) is 0. The number of alkyl halides is 6. The predicted molar refractivity (Wildman–Crippen MR) is 91.5 cm³/mol. The topological polar surface area (TPSA) is 92.2 Å². The molecule has 0 saturated carbocycles. The van der Waals surface area contributed by atoms with Crippen LogP contribution in [-0.4, -0.2) is 0 Å². The Morgan fingerprint density at radius 3 is 1.06 bits per heavy atom. The molecule has 0 bridgehead atoms. The SMILES string of the molecule is FC(F)(F)c1ccc([S+](c2ccccc2)c2ccc(C(F)(F)F)cc2)cc1.[O-][Cl+3]([O-])([O-])[O-]. The molecule has 0 aliphatic heterocycles. The first-order chi connectivity index (χ1) is 14.7. The average molecular weight is 499 g/mol. The van der Waals surface area contributed by atoms with Crippen LogP contribution in [0.25, 0.3) is 0 Å². The Labute approximate surface area is 183 Å². The van der Waals surface area contributed by atoms with Crippen molar-refractivity contribution in [1.29, 1.82) is 0 Å². The zero-order chi connectivity index (χ0) is 24.2. The summed E-state index contributed by atoms with van der Waals surface area (Å²) in [5.41, 5.74) is -1.54. The molecule has 172 valence electrons. The van der Waals surface area contributed by atoms with E-state index in [1.165, 1.54) is 24.3 Å². The largest absolute Gasteiger partial charge is 0.416 e. The molecule has 0 aromatic heterocycles. The average Bonchev–Trinajstić information content (AvgIpc) is 2.67. The highest BCUT2D eigenvalue weighted by Crippen LogP contribution is 2.36. The van der Waals surface area contributed by atoms with E-state index in [9.17, 15) is 26.3 Å². The molecule has 0 heterocycles. The normalized spacial score (nSPS) is 12.3. The fraction of sp³-hybridized carbons (Fsp3) is 0.100. The molecular formula is C20H13ClF6O4S. The van der Waals surface area contributed by atoms with Crippen molar-refractivity contribution in [3.05, 3.63) is 90.0 Å². The first-order valence-corrected chi connectivity index (χ1v) is 10.9. The van der Waals surface area contributed by atoms with Crippen LogP contribution in [0, 0.1) is 10.2 Å². The van der Waals surface area contributed by atoms with Gasteiger partial charge in [0.25, 0.3) is 0 Å². The number of hydrogen-bond acceptors (Lipinski definition) is 4. The van der Waals surface area contributed by atoms with Crippen LogP contribution in [0.3, 0.4) is 0 Å². The summed E-state index contributed by atoms with van der Waals surface area (Å²) in [6, 6.07) is 18.4. The van der Waals surface area contributed by atoms with Gasteiger partial charge in [0.2, 0.25) is 0 Å². The van der Waals surface area contributed by atoms with Crippen molar-refractivity contribution < 1.29 is 55.2 Å². The van der Waals surface area contributed by atoms with Gasteiger partial charge in [0.05, 0.1) is 22.0 Å². The first-order valence-electron chi connectivity index (χ1n) is 8.42. The summed E-state index contributed by atoms with van der Waals surface area (Å²) in [5, 5.41) is 0. The van der Waals surface area contributed by atoms with Gasteiger partial charge in [-0.1, -0.05) is 18.2 Å². The predicted octanol–water partition coefficient (Wildman–Crippen LogP) is 2.06. The lowest BCUT2D eigenvalue weighted by Gasteiger charge is -2.17. The van der Waals surface area contributed by atoms with Crippen molar-refractivity contribution >= 4 is 10.9 Å². The molecule has 0 spiro atoms.